The Kier molecular flexibility index (Phi) is 5.75. The molecule has 4 rings (SSSR count). The maximum atomic E-state index is 13.9. The molecule has 35 heavy (non-hydrogen) atoms. The Labute approximate surface area is 190 Å². The Bertz CT molecular complexity index is 1450. The SMILES string of the molecule is O=C(c1c(O)c2ccc(N(c3cc(F)cc(F)c3)c3cc(F)cc(F)c3)cc2oc1=O)C(F)(F)F. The monoisotopic (exact) mass is 497 g/mol. The van der Waals surface area contributed by atoms with E-state index in [0.29, 0.717) is 12.1 Å². The number of aromatic hydroxyl groups is 1. The van der Waals surface area contributed by atoms with E-state index in [0.717, 1.165) is 47.4 Å². The molecule has 0 fully saturated rings. The highest BCUT2D eigenvalue weighted by molar-refractivity contribution is 6.06. The molecule has 3 aromatic carbocycles. The summed E-state index contributed by atoms with van der Waals surface area (Å²) in [5.74, 6) is -8.08. The first kappa shape index (κ1) is 23.8. The lowest BCUT2D eigenvalue weighted by atomic mass is 10.1. The van der Waals surface area contributed by atoms with Crippen LogP contribution in [0.5, 0.6) is 5.75 Å². The molecule has 0 atom stereocenters. The number of Topliss-reactive ketones (excluding diaryl/α,β-unsaturated/α-hetero) is 1. The first-order valence-corrected chi connectivity index (χ1v) is 9.49. The van der Waals surface area contributed by atoms with Gasteiger partial charge < -0.3 is 14.4 Å². The third-order valence-electron chi connectivity index (χ3n) is 4.82. The highest BCUT2D eigenvalue weighted by atomic mass is 19.4. The molecule has 0 aliphatic carbocycles. The quantitative estimate of drug-likeness (QED) is 0.205. The molecule has 0 bridgehead atoms. The van der Waals surface area contributed by atoms with E-state index in [1.807, 2.05) is 0 Å². The lowest BCUT2D eigenvalue weighted by Gasteiger charge is -2.26. The number of ketones is 1. The Hall–Kier alpha value is -4.35. The Morgan fingerprint density at radius 2 is 1.26 bits per heavy atom. The van der Waals surface area contributed by atoms with Gasteiger partial charge in [-0.1, -0.05) is 0 Å². The molecule has 4 aromatic rings. The fourth-order valence-corrected chi connectivity index (χ4v) is 3.44. The zero-order chi connectivity index (χ0) is 25.7. The second-order valence-corrected chi connectivity index (χ2v) is 7.21. The molecule has 1 N–H and O–H groups in total. The largest absolute Gasteiger partial charge is 0.506 e. The highest BCUT2D eigenvalue weighted by Crippen LogP contribution is 2.39. The molecular weight excluding hydrogens is 487 g/mol. The van der Waals surface area contributed by atoms with E-state index in [4.69, 9.17) is 4.42 Å². The van der Waals surface area contributed by atoms with Gasteiger partial charge in [0.15, 0.2) is 5.56 Å². The first-order valence-electron chi connectivity index (χ1n) is 9.49. The average molecular weight is 497 g/mol. The summed E-state index contributed by atoms with van der Waals surface area (Å²) < 4.78 is 98.9. The van der Waals surface area contributed by atoms with Crippen LogP contribution in [0.2, 0.25) is 0 Å². The Balaban J connectivity index is 1.96. The van der Waals surface area contributed by atoms with Gasteiger partial charge in [-0.05, 0) is 36.4 Å². The minimum atomic E-state index is -5.47. The molecule has 0 spiro atoms. The fourth-order valence-electron chi connectivity index (χ4n) is 3.44. The first-order chi connectivity index (χ1) is 16.3. The van der Waals surface area contributed by atoms with Crippen molar-refractivity contribution in [3.05, 3.63) is 93.8 Å². The van der Waals surface area contributed by atoms with Crippen LogP contribution in [0.1, 0.15) is 10.4 Å². The number of hydrogen-bond acceptors (Lipinski definition) is 5. The summed E-state index contributed by atoms with van der Waals surface area (Å²) in [6.07, 6.45) is -5.47. The summed E-state index contributed by atoms with van der Waals surface area (Å²) in [4.78, 5) is 24.6. The zero-order valence-electron chi connectivity index (χ0n) is 17.0. The van der Waals surface area contributed by atoms with Crippen LogP contribution in [-0.2, 0) is 0 Å². The van der Waals surface area contributed by atoms with Gasteiger partial charge in [-0.2, -0.15) is 13.2 Å². The van der Waals surface area contributed by atoms with Crippen LogP contribution in [0.15, 0.2) is 63.8 Å². The zero-order valence-corrected chi connectivity index (χ0v) is 17.0. The lowest BCUT2D eigenvalue weighted by Crippen LogP contribution is -2.28. The number of carbonyl (C=O) groups is 1. The number of halogens is 7. The van der Waals surface area contributed by atoms with Crippen LogP contribution in [0, 0.1) is 23.3 Å². The van der Waals surface area contributed by atoms with E-state index in [-0.39, 0.29) is 17.1 Å². The molecule has 0 aliphatic rings. The number of fused-ring (bicyclic) bond motifs is 1. The summed E-state index contributed by atoms with van der Waals surface area (Å²) in [5, 5.41) is 9.71. The van der Waals surface area contributed by atoms with Crippen molar-refractivity contribution in [1.29, 1.82) is 0 Å². The van der Waals surface area contributed by atoms with Gasteiger partial charge in [0.25, 0.3) is 5.78 Å². The van der Waals surface area contributed by atoms with Crippen molar-refractivity contribution in [2.45, 2.75) is 6.18 Å². The molecule has 0 aliphatic heterocycles. The molecule has 0 saturated carbocycles. The predicted octanol–water partition coefficient (Wildman–Crippen LogP) is 6.27. The van der Waals surface area contributed by atoms with Crippen LogP contribution in [0.3, 0.4) is 0 Å². The van der Waals surface area contributed by atoms with Gasteiger partial charge in [0.05, 0.1) is 16.8 Å². The van der Waals surface area contributed by atoms with Gasteiger partial charge in [-0.15, -0.1) is 0 Å². The molecular formula is C23H10F7NO4. The minimum Gasteiger partial charge on any atom is -0.506 e. The second-order valence-electron chi connectivity index (χ2n) is 7.21. The van der Waals surface area contributed by atoms with Crippen molar-refractivity contribution in [2.75, 3.05) is 4.90 Å². The van der Waals surface area contributed by atoms with Crippen molar-refractivity contribution in [3.8, 4) is 5.75 Å². The van der Waals surface area contributed by atoms with Crippen molar-refractivity contribution in [1.82, 2.24) is 0 Å². The van der Waals surface area contributed by atoms with Crippen molar-refractivity contribution in [2.24, 2.45) is 0 Å². The van der Waals surface area contributed by atoms with Gasteiger partial charge in [0, 0.05) is 23.9 Å². The van der Waals surface area contributed by atoms with Gasteiger partial charge in [-0.3, -0.25) is 4.79 Å². The number of nitrogens with zero attached hydrogens (tertiary/aromatic N) is 1. The number of alkyl halides is 3. The number of anilines is 3. The van der Waals surface area contributed by atoms with Crippen LogP contribution >= 0.6 is 0 Å². The van der Waals surface area contributed by atoms with Crippen molar-refractivity contribution in [3.63, 3.8) is 0 Å². The Morgan fingerprint density at radius 3 is 1.71 bits per heavy atom. The molecule has 0 saturated heterocycles. The molecule has 0 amide bonds. The third kappa shape index (κ3) is 4.54. The molecule has 1 heterocycles. The minimum absolute atomic E-state index is 0.120. The smallest absolute Gasteiger partial charge is 0.455 e. The number of hydrogen-bond donors (Lipinski definition) is 1. The van der Waals surface area contributed by atoms with Crippen LogP contribution in [-0.4, -0.2) is 17.1 Å². The number of carbonyl (C=O) groups excluding carboxylic acids is 1. The summed E-state index contributed by atoms with van der Waals surface area (Å²) >= 11 is 0. The maximum absolute atomic E-state index is 13.9. The normalized spacial score (nSPS) is 11.6. The predicted molar refractivity (Wildman–Crippen MR) is 109 cm³/mol. The van der Waals surface area contributed by atoms with Gasteiger partial charge in [0.2, 0.25) is 0 Å². The van der Waals surface area contributed by atoms with Gasteiger partial charge in [0.1, 0.15) is 34.6 Å². The summed E-state index contributed by atoms with van der Waals surface area (Å²) in [6, 6.07) is 7.41. The van der Waals surface area contributed by atoms with E-state index >= 15 is 0 Å². The Morgan fingerprint density at radius 1 is 0.771 bits per heavy atom. The maximum Gasteiger partial charge on any atom is 0.455 e. The average Bonchev–Trinajstić information content (AvgIpc) is 2.71. The van der Waals surface area contributed by atoms with Crippen molar-refractivity contribution >= 4 is 33.8 Å². The number of rotatable bonds is 4. The fraction of sp³-hybridized carbons (Fsp3) is 0.0435. The lowest BCUT2D eigenvalue weighted by molar-refractivity contribution is -0.0888. The van der Waals surface area contributed by atoms with E-state index < -0.39 is 63.1 Å². The number of benzene rings is 3. The van der Waals surface area contributed by atoms with Crippen LogP contribution in [0.4, 0.5) is 47.8 Å². The molecule has 12 heteroatoms. The van der Waals surface area contributed by atoms with Crippen LogP contribution in [0.25, 0.3) is 11.0 Å². The molecule has 0 unspecified atom stereocenters. The third-order valence-corrected chi connectivity index (χ3v) is 4.82. The molecule has 5 nitrogen and oxygen atoms in total. The summed E-state index contributed by atoms with van der Waals surface area (Å²) in [5.41, 5.74) is -4.60. The van der Waals surface area contributed by atoms with Gasteiger partial charge in [-0.25, -0.2) is 22.4 Å². The molecule has 1 aromatic heterocycles. The van der Waals surface area contributed by atoms with E-state index in [2.05, 4.69) is 0 Å². The van der Waals surface area contributed by atoms with Crippen LogP contribution < -0.4 is 10.5 Å². The summed E-state index contributed by atoms with van der Waals surface area (Å²) in [6.45, 7) is 0. The van der Waals surface area contributed by atoms with Crippen molar-refractivity contribution < 1.29 is 45.1 Å². The standard InChI is InChI=1S/C23H10F7NO4/c24-10-3-11(25)6-15(5-10)31(16-7-12(26)4-13(27)8-16)14-1-2-17-18(9-14)35-22(34)19(20(17)32)21(33)23(28,29)30/h1-9,32H. The molecule has 180 valence electrons. The van der Waals surface area contributed by atoms with E-state index in [1.165, 1.54) is 0 Å². The van der Waals surface area contributed by atoms with E-state index in [9.17, 15) is 45.4 Å². The summed E-state index contributed by atoms with van der Waals surface area (Å²) in [7, 11) is 0. The van der Waals surface area contributed by atoms with Gasteiger partial charge >= 0.3 is 11.8 Å². The topological polar surface area (TPSA) is 70.8 Å². The second kappa shape index (κ2) is 8.46. The highest BCUT2D eigenvalue weighted by Gasteiger charge is 2.43. The molecule has 0 radical (unpaired) electrons. The van der Waals surface area contributed by atoms with E-state index in [1.54, 1.807) is 0 Å².